The van der Waals surface area contributed by atoms with E-state index in [1.807, 2.05) is 42.5 Å². The van der Waals surface area contributed by atoms with Crippen molar-refractivity contribution in [2.75, 3.05) is 11.9 Å². The molecule has 0 saturated heterocycles. The second-order valence-electron chi connectivity index (χ2n) is 7.12. The van der Waals surface area contributed by atoms with Gasteiger partial charge in [0.2, 0.25) is 0 Å². The van der Waals surface area contributed by atoms with E-state index in [0.717, 1.165) is 22.2 Å². The molecule has 0 fully saturated rings. The zero-order chi connectivity index (χ0) is 18.5. The maximum atomic E-state index is 12.6. The van der Waals surface area contributed by atoms with E-state index in [9.17, 15) is 4.79 Å². The summed E-state index contributed by atoms with van der Waals surface area (Å²) in [5, 5.41) is 1.58. The van der Waals surface area contributed by atoms with E-state index in [1.165, 1.54) is 11.1 Å². The van der Waals surface area contributed by atoms with Crippen LogP contribution in [0.5, 0.6) is 0 Å². The van der Waals surface area contributed by atoms with Crippen molar-refractivity contribution >= 4 is 16.5 Å². The third-order valence-corrected chi connectivity index (χ3v) is 5.46. The number of anilines is 1. The molecule has 0 spiro atoms. The number of nitrogens with zero attached hydrogens (tertiary/aromatic N) is 1. The number of hydrogen-bond donors (Lipinski definition) is 0. The number of rotatable bonds is 1. The van der Waals surface area contributed by atoms with E-state index >= 15 is 0 Å². The lowest BCUT2D eigenvalue weighted by Gasteiger charge is -2.37. The molecule has 1 atom stereocenters. The lowest BCUT2D eigenvalue weighted by atomic mass is 9.86. The van der Waals surface area contributed by atoms with E-state index in [1.54, 1.807) is 0 Å². The van der Waals surface area contributed by atoms with Crippen LogP contribution in [0.3, 0.4) is 0 Å². The maximum absolute atomic E-state index is 12.6. The molecule has 3 heteroatoms. The molecule has 5 rings (SSSR count). The zero-order valence-electron chi connectivity index (χ0n) is 15.3. The summed E-state index contributed by atoms with van der Waals surface area (Å²) >= 11 is 0. The molecule has 1 aromatic heterocycles. The van der Waals surface area contributed by atoms with Gasteiger partial charge in [-0.15, -0.1) is 0 Å². The minimum atomic E-state index is -0.286. The molecule has 1 aliphatic heterocycles. The Morgan fingerprint density at radius 3 is 2.30 bits per heavy atom. The molecule has 0 amide bonds. The smallest absolute Gasteiger partial charge is 0.344 e. The van der Waals surface area contributed by atoms with Crippen molar-refractivity contribution < 1.29 is 4.42 Å². The lowest BCUT2D eigenvalue weighted by molar-refractivity contribution is 0.520. The maximum Gasteiger partial charge on any atom is 0.344 e. The Balaban J connectivity index is 1.92. The largest absolute Gasteiger partial charge is 0.422 e. The van der Waals surface area contributed by atoms with E-state index in [4.69, 9.17) is 4.42 Å². The van der Waals surface area contributed by atoms with E-state index in [-0.39, 0.29) is 11.7 Å². The summed E-state index contributed by atoms with van der Waals surface area (Å²) in [6.45, 7) is 2.09. The van der Waals surface area contributed by atoms with Crippen molar-refractivity contribution in [3.05, 3.63) is 99.9 Å². The van der Waals surface area contributed by atoms with Crippen LogP contribution in [0.4, 0.5) is 5.69 Å². The Kier molecular flexibility index (Phi) is 3.44. The molecule has 0 radical (unpaired) electrons. The molecule has 0 bridgehead atoms. The SMILES string of the molecule is Cc1ccc(C2c3c(oc(=O)c4ccccc34)-c3ccccc3N2C)cc1. The van der Waals surface area contributed by atoms with Gasteiger partial charge in [-0.1, -0.05) is 60.2 Å². The van der Waals surface area contributed by atoms with Gasteiger partial charge in [0.15, 0.2) is 0 Å². The number of hydrogen-bond acceptors (Lipinski definition) is 3. The summed E-state index contributed by atoms with van der Waals surface area (Å²) in [4.78, 5) is 14.9. The summed E-state index contributed by atoms with van der Waals surface area (Å²) in [6.07, 6.45) is 0. The van der Waals surface area contributed by atoms with Crippen LogP contribution in [0.1, 0.15) is 22.7 Å². The average Bonchev–Trinajstić information content (AvgIpc) is 2.70. The fourth-order valence-electron chi connectivity index (χ4n) is 4.14. The van der Waals surface area contributed by atoms with Crippen molar-refractivity contribution in [3.63, 3.8) is 0 Å². The predicted octanol–water partition coefficient (Wildman–Crippen LogP) is 5.31. The number of aryl methyl sites for hydroxylation is 1. The molecule has 0 aliphatic carbocycles. The molecule has 1 unspecified atom stereocenters. The van der Waals surface area contributed by atoms with Crippen molar-refractivity contribution in [1.29, 1.82) is 0 Å². The summed E-state index contributed by atoms with van der Waals surface area (Å²) in [5.74, 6) is 0.679. The summed E-state index contributed by atoms with van der Waals surface area (Å²) in [6, 6.07) is 24.4. The highest BCUT2D eigenvalue weighted by Crippen LogP contribution is 2.48. The highest BCUT2D eigenvalue weighted by Gasteiger charge is 2.33. The van der Waals surface area contributed by atoms with Crippen LogP contribution < -0.4 is 10.5 Å². The minimum absolute atomic E-state index is 0.0234. The van der Waals surface area contributed by atoms with Gasteiger partial charge in [-0.2, -0.15) is 0 Å². The van der Waals surface area contributed by atoms with Gasteiger partial charge < -0.3 is 9.32 Å². The summed E-state index contributed by atoms with van der Waals surface area (Å²) in [7, 11) is 2.10. The Hall–Kier alpha value is -3.33. The molecule has 1 aliphatic rings. The predicted molar refractivity (Wildman–Crippen MR) is 109 cm³/mol. The highest BCUT2D eigenvalue weighted by molar-refractivity contribution is 5.94. The van der Waals surface area contributed by atoms with Crippen LogP contribution in [-0.2, 0) is 0 Å². The molecular formula is C24H19NO2. The first-order valence-corrected chi connectivity index (χ1v) is 9.09. The van der Waals surface area contributed by atoms with Crippen LogP contribution in [0.25, 0.3) is 22.1 Å². The molecule has 132 valence electrons. The normalized spacial score (nSPS) is 15.5. The number of benzene rings is 3. The van der Waals surface area contributed by atoms with Gasteiger partial charge in [-0.25, -0.2) is 4.79 Å². The number of para-hydroxylation sites is 1. The molecule has 0 saturated carbocycles. The van der Waals surface area contributed by atoms with Gasteiger partial charge >= 0.3 is 5.63 Å². The zero-order valence-corrected chi connectivity index (χ0v) is 15.3. The molecule has 27 heavy (non-hydrogen) atoms. The van der Waals surface area contributed by atoms with Crippen molar-refractivity contribution in [3.8, 4) is 11.3 Å². The summed E-state index contributed by atoms with van der Waals surface area (Å²) < 4.78 is 5.88. The second-order valence-corrected chi connectivity index (χ2v) is 7.12. The van der Waals surface area contributed by atoms with E-state index in [0.29, 0.717) is 11.1 Å². The first-order chi connectivity index (χ1) is 13.1. The molecule has 3 aromatic carbocycles. The lowest BCUT2D eigenvalue weighted by Crippen LogP contribution is -2.30. The van der Waals surface area contributed by atoms with Gasteiger partial charge in [0.25, 0.3) is 0 Å². The van der Waals surface area contributed by atoms with Gasteiger partial charge in [0.05, 0.1) is 11.4 Å². The number of fused-ring (bicyclic) bond motifs is 5. The Labute approximate surface area is 157 Å². The standard InChI is InChI=1S/C24H19NO2/c1-15-11-13-16(14-12-15)22-21-17-7-3-4-8-18(17)24(26)27-23(21)19-9-5-6-10-20(19)25(22)2/h3-14,22H,1-2H3. The van der Waals surface area contributed by atoms with E-state index in [2.05, 4.69) is 49.2 Å². The van der Waals surface area contributed by atoms with E-state index < -0.39 is 0 Å². The van der Waals surface area contributed by atoms with Gasteiger partial charge in [-0.05, 0) is 36.1 Å². The van der Waals surface area contributed by atoms with Crippen molar-refractivity contribution in [2.45, 2.75) is 13.0 Å². The highest BCUT2D eigenvalue weighted by atomic mass is 16.4. The Morgan fingerprint density at radius 2 is 1.52 bits per heavy atom. The Morgan fingerprint density at radius 1 is 0.852 bits per heavy atom. The fourth-order valence-corrected chi connectivity index (χ4v) is 4.14. The molecule has 0 N–H and O–H groups in total. The molecule has 3 nitrogen and oxygen atoms in total. The first-order valence-electron chi connectivity index (χ1n) is 9.09. The second kappa shape index (κ2) is 5.85. The first kappa shape index (κ1) is 15.9. The monoisotopic (exact) mass is 353 g/mol. The minimum Gasteiger partial charge on any atom is -0.422 e. The van der Waals surface area contributed by atoms with Crippen LogP contribution in [0.2, 0.25) is 0 Å². The van der Waals surface area contributed by atoms with Gasteiger partial charge in [0.1, 0.15) is 5.76 Å². The quantitative estimate of drug-likeness (QED) is 0.465. The summed E-state index contributed by atoms with van der Waals surface area (Å²) in [5.41, 5.74) is 5.19. The van der Waals surface area contributed by atoms with Crippen molar-refractivity contribution in [2.24, 2.45) is 0 Å². The third-order valence-electron chi connectivity index (χ3n) is 5.46. The fraction of sp³-hybridized carbons (Fsp3) is 0.125. The van der Waals surface area contributed by atoms with Crippen LogP contribution >= 0.6 is 0 Å². The molecular weight excluding hydrogens is 334 g/mol. The topological polar surface area (TPSA) is 33.5 Å². The van der Waals surface area contributed by atoms with Crippen LogP contribution in [0, 0.1) is 6.92 Å². The van der Waals surface area contributed by atoms with Crippen LogP contribution in [-0.4, -0.2) is 7.05 Å². The molecule has 2 heterocycles. The molecule has 4 aromatic rings. The third kappa shape index (κ3) is 2.32. The van der Waals surface area contributed by atoms with Crippen LogP contribution in [0.15, 0.2) is 82.0 Å². The van der Waals surface area contributed by atoms with Gasteiger partial charge in [0, 0.05) is 23.9 Å². The Bertz CT molecular complexity index is 1220. The van der Waals surface area contributed by atoms with Crippen molar-refractivity contribution in [1.82, 2.24) is 0 Å². The average molecular weight is 353 g/mol. The van der Waals surface area contributed by atoms with Gasteiger partial charge in [-0.3, -0.25) is 0 Å².